The Kier molecular flexibility index (Phi) is 4.58. The summed E-state index contributed by atoms with van der Waals surface area (Å²) in [5.41, 5.74) is 7.47. The number of ether oxygens (including phenoxy) is 2. The number of benzene rings is 1. The van der Waals surface area contributed by atoms with Gasteiger partial charge in [-0.05, 0) is 28.9 Å². The Balaban J connectivity index is 3.40. The number of aliphatic hydroxyl groups is 1. The van der Waals surface area contributed by atoms with Gasteiger partial charge in [-0.25, -0.2) is 0 Å². The Bertz CT molecular complexity index is 382. The molecule has 0 saturated carbocycles. The van der Waals surface area contributed by atoms with Crippen LogP contribution in [0.15, 0.2) is 10.5 Å². The topological polar surface area (TPSA) is 64.7 Å². The van der Waals surface area contributed by atoms with Crippen molar-refractivity contribution in [3.05, 3.63) is 21.7 Å². The summed E-state index contributed by atoms with van der Waals surface area (Å²) < 4.78 is 11.3. The lowest BCUT2D eigenvalue weighted by atomic mass is 10.0. The van der Waals surface area contributed by atoms with Crippen LogP contribution in [0, 0.1) is 6.92 Å². The van der Waals surface area contributed by atoms with E-state index in [0.717, 1.165) is 15.6 Å². The van der Waals surface area contributed by atoms with Crippen LogP contribution in [0.3, 0.4) is 0 Å². The number of methoxy groups -OCH3 is 2. The Hall–Kier alpha value is -0.780. The Morgan fingerprint density at radius 1 is 1.44 bits per heavy atom. The lowest BCUT2D eigenvalue weighted by Gasteiger charge is -2.18. The molecule has 0 aromatic heterocycles. The third-order valence-electron chi connectivity index (χ3n) is 2.47. The lowest BCUT2D eigenvalue weighted by molar-refractivity contribution is 0.264. The van der Waals surface area contributed by atoms with Crippen LogP contribution in [-0.4, -0.2) is 25.9 Å². The molecule has 0 aliphatic carbocycles. The summed E-state index contributed by atoms with van der Waals surface area (Å²) in [5.74, 6) is 1.35. The molecule has 1 atom stereocenters. The molecule has 1 rings (SSSR count). The highest BCUT2D eigenvalue weighted by Crippen LogP contribution is 2.39. The summed E-state index contributed by atoms with van der Waals surface area (Å²) >= 11 is 3.44. The summed E-state index contributed by atoms with van der Waals surface area (Å²) in [6.07, 6.45) is 0. The van der Waals surface area contributed by atoms with Gasteiger partial charge in [0.25, 0.3) is 0 Å². The van der Waals surface area contributed by atoms with Crippen LogP contribution < -0.4 is 15.2 Å². The first-order chi connectivity index (χ1) is 7.56. The van der Waals surface area contributed by atoms with Crippen molar-refractivity contribution in [2.75, 3.05) is 20.8 Å². The summed E-state index contributed by atoms with van der Waals surface area (Å²) in [6, 6.07) is 1.31. The van der Waals surface area contributed by atoms with Crippen LogP contribution >= 0.6 is 15.9 Å². The number of hydrogen-bond acceptors (Lipinski definition) is 4. The summed E-state index contributed by atoms with van der Waals surface area (Å²) in [6.45, 7) is 1.77. The second kappa shape index (κ2) is 5.52. The van der Waals surface area contributed by atoms with Crippen LogP contribution in [-0.2, 0) is 0 Å². The molecule has 1 aromatic carbocycles. The van der Waals surface area contributed by atoms with Crippen molar-refractivity contribution in [2.24, 2.45) is 5.73 Å². The first-order valence-corrected chi connectivity index (χ1v) is 5.63. The van der Waals surface area contributed by atoms with Crippen molar-refractivity contribution in [3.8, 4) is 11.5 Å². The molecular formula is C11H16BrNO3. The zero-order valence-corrected chi connectivity index (χ0v) is 11.2. The monoisotopic (exact) mass is 289 g/mol. The van der Waals surface area contributed by atoms with Gasteiger partial charge in [-0.3, -0.25) is 0 Å². The van der Waals surface area contributed by atoms with Gasteiger partial charge in [0.15, 0.2) is 0 Å². The normalized spacial score (nSPS) is 12.4. The first-order valence-electron chi connectivity index (χ1n) is 4.84. The maximum Gasteiger partial charge on any atom is 0.138 e. The number of halogens is 1. The van der Waals surface area contributed by atoms with E-state index in [1.165, 1.54) is 0 Å². The highest BCUT2D eigenvalue weighted by Gasteiger charge is 2.18. The molecule has 16 heavy (non-hydrogen) atoms. The lowest BCUT2D eigenvalue weighted by Crippen LogP contribution is -2.16. The van der Waals surface area contributed by atoms with Gasteiger partial charge < -0.3 is 20.3 Å². The molecule has 1 aromatic rings. The van der Waals surface area contributed by atoms with E-state index in [9.17, 15) is 0 Å². The van der Waals surface area contributed by atoms with Crippen LogP contribution in [0.2, 0.25) is 0 Å². The van der Waals surface area contributed by atoms with E-state index in [-0.39, 0.29) is 6.61 Å². The molecule has 0 spiro atoms. The van der Waals surface area contributed by atoms with E-state index < -0.39 is 6.04 Å². The van der Waals surface area contributed by atoms with Crippen molar-refractivity contribution in [1.29, 1.82) is 0 Å². The number of hydrogen-bond donors (Lipinski definition) is 2. The van der Waals surface area contributed by atoms with E-state index in [1.807, 2.05) is 6.92 Å². The van der Waals surface area contributed by atoms with Crippen molar-refractivity contribution in [1.82, 2.24) is 0 Å². The molecule has 0 aliphatic heterocycles. The highest BCUT2D eigenvalue weighted by atomic mass is 79.9. The van der Waals surface area contributed by atoms with Crippen LogP contribution in [0.5, 0.6) is 11.5 Å². The SMILES string of the molecule is COc1cc(C(N)CO)c(OC)c(Br)c1C. The second-order valence-electron chi connectivity index (χ2n) is 3.43. The molecule has 4 nitrogen and oxygen atoms in total. The maximum absolute atomic E-state index is 9.10. The molecule has 5 heteroatoms. The molecule has 0 aliphatic rings. The van der Waals surface area contributed by atoms with Gasteiger partial charge in [0.1, 0.15) is 11.5 Å². The van der Waals surface area contributed by atoms with Crippen molar-refractivity contribution in [2.45, 2.75) is 13.0 Å². The Morgan fingerprint density at radius 2 is 2.06 bits per heavy atom. The molecule has 1 unspecified atom stereocenters. The largest absolute Gasteiger partial charge is 0.496 e. The van der Waals surface area contributed by atoms with Gasteiger partial charge >= 0.3 is 0 Å². The zero-order chi connectivity index (χ0) is 12.3. The first kappa shape index (κ1) is 13.3. The van der Waals surface area contributed by atoms with Crippen LogP contribution in [0.25, 0.3) is 0 Å². The predicted molar refractivity (Wildman–Crippen MR) is 66.0 cm³/mol. The van der Waals surface area contributed by atoms with Gasteiger partial charge in [-0.15, -0.1) is 0 Å². The summed E-state index contributed by atoms with van der Waals surface area (Å²) in [4.78, 5) is 0. The molecule has 0 heterocycles. The molecule has 0 amide bonds. The summed E-state index contributed by atoms with van der Waals surface area (Å²) in [7, 11) is 3.16. The molecule has 3 N–H and O–H groups in total. The van der Waals surface area contributed by atoms with E-state index in [1.54, 1.807) is 20.3 Å². The third kappa shape index (κ3) is 2.31. The average Bonchev–Trinajstić information content (AvgIpc) is 2.31. The molecular weight excluding hydrogens is 274 g/mol. The van der Waals surface area contributed by atoms with Crippen molar-refractivity contribution < 1.29 is 14.6 Å². The van der Waals surface area contributed by atoms with Crippen molar-refractivity contribution in [3.63, 3.8) is 0 Å². The summed E-state index contributed by atoms with van der Waals surface area (Å²) in [5, 5.41) is 9.10. The molecule has 90 valence electrons. The predicted octanol–water partition coefficient (Wildman–Crippen LogP) is 1.77. The van der Waals surface area contributed by atoms with Gasteiger partial charge in [-0.2, -0.15) is 0 Å². The van der Waals surface area contributed by atoms with E-state index >= 15 is 0 Å². The fourth-order valence-electron chi connectivity index (χ4n) is 1.51. The molecule has 0 radical (unpaired) electrons. The third-order valence-corrected chi connectivity index (χ3v) is 3.42. The van der Waals surface area contributed by atoms with Gasteiger partial charge in [-0.1, -0.05) is 0 Å². The quantitative estimate of drug-likeness (QED) is 0.887. The smallest absolute Gasteiger partial charge is 0.138 e. The zero-order valence-electron chi connectivity index (χ0n) is 9.58. The van der Waals surface area contributed by atoms with Crippen LogP contribution in [0.1, 0.15) is 17.2 Å². The van der Waals surface area contributed by atoms with E-state index in [4.69, 9.17) is 20.3 Å². The molecule has 0 saturated heterocycles. The fraction of sp³-hybridized carbons (Fsp3) is 0.455. The maximum atomic E-state index is 9.10. The van der Waals surface area contributed by atoms with E-state index in [0.29, 0.717) is 11.5 Å². The van der Waals surface area contributed by atoms with E-state index in [2.05, 4.69) is 15.9 Å². The van der Waals surface area contributed by atoms with Crippen LogP contribution in [0.4, 0.5) is 0 Å². The average molecular weight is 290 g/mol. The van der Waals surface area contributed by atoms with Gasteiger partial charge in [0.05, 0.1) is 31.3 Å². The molecule has 0 fully saturated rings. The number of rotatable bonds is 4. The van der Waals surface area contributed by atoms with Crippen molar-refractivity contribution >= 4 is 15.9 Å². The molecule has 0 bridgehead atoms. The fourth-order valence-corrected chi connectivity index (χ4v) is 2.10. The Labute approximate surface area is 103 Å². The minimum atomic E-state index is -0.485. The minimum absolute atomic E-state index is 0.144. The minimum Gasteiger partial charge on any atom is -0.496 e. The number of nitrogens with two attached hydrogens (primary N) is 1. The number of aliphatic hydroxyl groups excluding tert-OH is 1. The standard InChI is InChI=1S/C11H16BrNO3/c1-6-9(15-2)4-7(8(13)5-14)11(16-3)10(6)12/h4,8,14H,5,13H2,1-3H3. The van der Waals surface area contributed by atoms with Gasteiger partial charge in [0, 0.05) is 11.1 Å². The Morgan fingerprint density at radius 3 is 2.50 bits per heavy atom. The second-order valence-corrected chi connectivity index (χ2v) is 4.22. The van der Waals surface area contributed by atoms with Gasteiger partial charge in [0.2, 0.25) is 0 Å². The highest BCUT2D eigenvalue weighted by molar-refractivity contribution is 9.10.